The SMILES string of the molecule is CN(C(=O)Cc1cn2cc(F)ccc2n1)c1cn[nH]c1. The van der Waals surface area contributed by atoms with Gasteiger partial charge in [0.05, 0.1) is 24.0 Å². The molecule has 1 amide bonds. The molecule has 0 spiro atoms. The molecule has 3 aromatic rings. The van der Waals surface area contributed by atoms with Crippen molar-refractivity contribution in [2.75, 3.05) is 11.9 Å². The van der Waals surface area contributed by atoms with Gasteiger partial charge in [-0.2, -0.15) is 5.10 Å². The van der Waals surface area contributed by atoms with Crippen LogP contribution >= 0.6 is 0 Å². The molecule has 1 N–H and O–H groups in total. The van der Waals surface area contributed by atoms with Crippen molar-refractivity contribution in [3.63, 3.8) is 0 Å². The molecule has 0 aliphatic carbocycles. The summed E-state index contributed by atoms with van der Waals surface area (Å²) in [5.74, 6) is -0.460. The van der Waals surface area contributed by atoms with Crippen LogP contribution in [-0.4, -0.2) is 32.5 Å². The predicted molar refractivity (Wildman–Crippen MR) is 70.9 cm³/mol. The van der Waals surface area contributed by atoms with E-state index in [0.29, 0.717) is 17.0 Å². The zero-order valence-corrected chi connectivity index (χ0v) is 10.7. The zero-order chi connectivity index (χ0) is 14.1. The Hall–Kier alpha value is -2.70. The summed E-state index contributed by atoms with van der Waals surface area (Å²) in [4.78, 5) is 17.9. The number of carbonyl (C=O) groups is 1. The van der Waals surface area contributed by atoms with Gasteiger partial charge in [-0.3, -0.25) is 9.89 Å². The van der Waals surface area contributed by atoms with E-state index in [-0.39, 0.29) is 18.1 Å². The molecule has 3 aromatic heterocycles. The van der Waals surface area contributed by atoms with Crippen molar-refractivity contribution in [1.29, 1.82) is 0 Å². The number of imidazole rings is 1. The number of carbonyl (C=O) groups excluding carboxylic acids is 1. The minimum atomic E-state index is -0.344. The molecule has 6 nitrogen and oxygen atoms in total. The third kappa shape index (κ3) is 2.25. The van der Waals surface area contributed by atoms with Crippen LogP contribution in [0.2, 0.25) is 0 Å². The Morgan fingerprint density at radius 1 is 1.45 bits per heavy atom. The van der Waals surface area contributed by atoms with Gasteiger partial charge in [0, 0.05) is 25.6 Å². The second kappa shape index (κ2) is 4.76. The van der Waals surface area contributed by atoms with E-state index in [2.05, 4.69) is 15.2 Å². The number of H-pyrrole nitrogens is 1. The van der Waals surface area contributed by atoms with E-state index in [1.165, 1.54) is 17.2 Å². The summed E-state index contributed by atoms with van der Waals surface area (Å²) < 4.78 is 14.7. The summed E-state index contributed by atoms with van der Waals surface area (Å²) in [7, 11) is 1.67. The van der Waals surface area contributed by atoms with E-state index in [9.17, 15) is 9.18 Å². The summed E-state index contributed by atoms with van der Waals surface area (Å²) in [5.41, 5.74) is 1.89. The van der Waals surface area contributed by atoms with Crippen LogP contribution < -0.4 is 4.90 Å². The summed E-state index contributed by atoms with van der Waals surface area (Å²) in [6.45, 7) is 0. The average molecular weight is 273 g/mol. The summed E-state index contributed by atoms with van der Waals surface area (Å²) >= 11 is 0. The van der Waals surface area contributed by atoms with Gasteiger partial charge in [0.2, 0.25) is 5.91 Å². The lowest BCUT2D eigenvalue weighted by Crippen LogP contribution is -2.27. The number of aromatic amines is 1. The maximum atomic E-state index is 13.1. The average Bonchev–Trinajstić information content (AvgIpc) is 3.05. The van der Waals surface area contributed by atoms with Gasteiger partial charge >= 0.3 is 0 Å². The van der Waals surface area contributed by atoms with Crippen molar-refractivity contribution in [1.82, 2.24) is 19.6 Å². The molecule has 0 unspecified atom stereocenters. The molecule has 0 aliphatic rings. The third-order valence-electron chi connectivity index (χ3n) is 3.04. The number of hydrogen-bond acceptors (Lipinski definition) is 3. The Morgan fingerprint density at radius 2 is 2.30 bits per heavy atom. The van der Waals surface area contributed by atoms with Crippen LogP contribution in [0.4, 0.5) is 10.1 Å². The molecule has 7 heteroatoms. The number of hydrogen-bond donors (Lipinski definition) is 1. The van der Waals surface area contributed by atoms with E-state index < -0.39 is 0 Å². The second-order valence-electron chi connectivity index (χ2n) is 4.43. The predicted octanol–water partition coefficient (Wildman–Crippen LogP) is 1.40. The molecule has 102 valence electrons. The molecule has 0 fully saturated rings. The van der Waals surface area contributed by atoms with Crippen molar-refractivity contribution < 1.29 is 9.18 Å². The van der Waals surface area contributed by atoms with E-state index in [1.54, 1.807) is 36.1 Å². The first-order valence-electron chi connectivity index (χ1n) is 6.02. The molecular weight excluding hydrogens is 261 g/mol. The first-order valence-corrected chi connectivity index (χ1v) is 6.02. The van der Waals surface area contributed by atoms with Gasteiger partial charge in [-0.15, -0.1) is 0 Å². The smallest absolute Gasteiger partial charge is 0.232 e. The van der Waals surface area contributed by atoms with Crippen molar-refractivity contribution in [3.05, 3.63) is 48.4 Å². The number of likely N-dealkylation sites (N-methyl/N-ethyl adjacent to an activating group) is 1. The molecule has 0 aromatic carbocycles. The van der Waals surface area contributed by atoms with E-state index in [0.717, 1.165) is 0 Å². The summed E-state index contributed by atoms with van der Waals surface area (Å²) in [5, 5.41) is 6.45. The molecule has 3 rings (SSSR count). The lowest BCUT2D eigenvalue weighted by molar-refractivity contribution is -0.117. The maximum Gasteiger partial charge on any atom is 0.232 e. The van der Waals surface area contributed by atoms with Gasteiger partial charge in [0.25, 0.3) is 0 Å². The number of rotatable bonds is 3. The topological polar surface area (TPSA) is 66.3 Å². The fourth-order valence-corrected chi connectivity index (χ4v) is 1.95. The molecular formula is C13H12FN5O. The lowest BCUT2D eigenvalue weighted by atomic mass is 10.3. The van der Waals surface area contributed by atoms with Crippen molar-refractivity contribution >= 4 is 17.2 Å². The molecule has 0 atom stereocenters. The number of nitrogens with zero attached hydrogens (tertiary/aromatic N) is 4. The maximum absolute atomic E-state index is 13.1. The van der Waals surface area contributed by atoms with Crippen molar-refractivity contribution in [2.24, 2.45) is 0 Å². The van der Waals surface area contributed by atoms with Crippen LogP contribution in [0.1, 0.15) is 5.69 Å². The number of fused-ring (bicyclic) bond motifs is 1. The van der Waals surface area contributed by atoms with Gasteiger partial charge in [0.15, 0.2) is 0 Å². The summed E-state index contributed by atoms with van der Waals surface area (Å²) in [6.07, 6.45) is 6.33. The quantitative estimate of drug-likeness (QED) is 0.784. The number of aromatic nitrogens is 4. The normalized spacial score (nSPS) is 10.9. The standard InChI is InChI=1S/C13H12FN5O/c1-18(11-5-15-16-6-11)13(20)4-10-8-19-7-9(14)2-3-12(19)17-10/h2-3,5-8H,4H2,1H3,(H,15,16). The molecule has 0 saturated carbocycles. The molecule has 20 heavy (non-hydrogen) atoms. The minimum Gasteiger partial charge on any atom is -0.312 e. The van der Waals surface area contributed by atoms with Gasteiger partial charge < -0.3 is 9.30 Å². The molecule has 0 bridgehead atoms. The fraction of sp³-hybridized carbons (Fsp3) is 0.154. The Bertz CT molecular complexity index is 749. The van der Waals surface area contributed by atoms with E-state index in [1.807, 2.05) is 0 Å². The largest absolute Gasteiger partial charge is 0.312 e. The Kier molecular flexibility index (Phi) is 2.94. The van der Waals surface area contributed by atoms with Crippen LogP contribution in [0.3, 0.4) is 0 Å². The Morgan fingerprint density at radius 3 is 3.05 bits per heavy atom. The highest BCUT2D eigenvalue weighted by molar-refractivity contribution is 5.93. The number of pyridine rings is 1. The monoisotopic (exact) mass is 273 g/mol. The molecule has 0 radical (unpaired) electrons. The van der Waals surface area contributed by atoms with Crippen LogP contribution in [0.15, 0.2) is 36.9 Å². The third-order valence-corrected chi connectivity index (χ3v) is 3.04. The molecule has 0 aliphatic heterocycles. The minimum absolute atomic E-state index is 0.115. The second-order valence-corrected chi connectivity index (χ2v) is 4.43. The number of anilines is 1. The van der Waals surface area contributed by atoms with Crippen LogP contribution in [0, 0.1) is 5.82 Å². The first-order chi connectivity index (χ1) is 9.63. The number of amides is 1. The molecule has 0 saturated heterocycles. The van der Waals surface area contributed by atoms with Crippen molar-refractivity contribution in [3.8, 4) is 0 Å². The summed E-state index contributed by atoms with van der Waals surface area (Å²) in [6, 6.07) is 2.91. The number of nitrogens with one attached hydrogen (secondary N) is 1. The van der Waals surface area contributed by atoms with Crippen molar-refractivity contribution in [2.45, 2.75) is 6.42 Å². The first kappa shape index (κ1) is 12.3. The van der Waals surface area contributed by atoms with Crippen LogP contribution in [0.25, 0.3) is 5.65 Å². The van der Waals surface area contributed by atoms with E-state index in [4.69, 9.17) is 0 Å². The van der Waals surface area contributed by atoms with Gasteiger partial charge in [0.1, 0.15) is 11.5 Å². The van der Waals surface area contributed by atoms with Gasteiger partial charge in [-0.1, -0.05) is 0 Å². The van der Waals surface area contributed by atoms with Crippen LogP contribution in [0.5, 0.6) is 0 Å². The zero-order valence-electron chi connectivity index (χ0n) is 10.7. The van der Waals surface area contributed by atoms with Crippen LogP contribution in [-0.2, 0) is 11.2 Å². The van der Waals surface area contributed by atoms with Gasteiger partial charge in [-0.25, -0.2) is 9.37 Å². The Balaban J connectivity index is 1.80. The highest BCUT2D eigenvalue weighted by atomic mass is 19.1. The molecule has 3 heterocycles. The highest BCUT2D eigenvalue weighted by Crippen LogP contribution is 2.12. The van der Waals surface area contributed by atoms with Gasteiger partial charge in [-0.05, 0) is 12.1 Å². The number of halogens is 1. The van der Waals surface area contributed by atoms with E-state index >= 15 is 0 Å². The Labute approximate surface area is 113 Å². The highest BCUT2D eigenvalue weighted by Gasteiger charge is 2.14. The fourth-order valence-electron chi connectivity index (χ4n) is 1.95. The lowest BCUT2D eigenvalue weighted by Gasteiger charge is -2.13.